The largest absolute Gasteiger partial charge is 0.360 e. The monoisotopic (exact) mass is 452 g/mol. The normalized spacial score (nSPS) is 16.9. The van der Waals surface area contributed by atoms with Crippen molar-refractivity contribution in [2.75, 3.05) is 11.6 Å². The zero-order valence-corrected chi connectivity index (χ0v) is 18.3. The van der Waals surface area contributed by atoms with Crippen LogP contribution >= 0.6 is 11.3 Å². The third kappa shape index (κ3) is 3.76. The lowest BCUT2D eigenvalue weighted by molar-refractivity contribution is -0.120. The van der Waals surface area contributed by atoms with Crippen LogP contribution in [0.4, 0.5) is 5.13 Å². The molecule has 0 fully saturated rings. The number of sulfonamides is 1. The molecule has 1 aliphatic rings. The first-order chi connectivity index (χ1) is 14.9. The van der Waals surface area contributed by atoms with Crippen molar-refractivity contribution in [1.29, 1.82) is 0 Å². The van der Waals surface area contributed by atoms with Gasteiger partial charge in [0.25, 0.3) is 0 Å². The van der Waals surface area contributed by atoms with Crippen LogP contribution < -0.4 is 5.32 Å². The highest BCUT2D eigenvalue weighted by Crippen LogP contribution is 2.32. The number of aromatic nitrogens is 2. The van der Waals surface area contributed by atoms with E-state index in [0.717, 1.165) is 39.5 Å². The fourth-order valence-electron chi connectivity index (χ4n) is 4.00. The second kappa shape index (κ2) is 7.60. The zero-order valence-electron chi connectivity index (χ0n) is 16.7. The Hall–Kier alpha value is -3.01. The SMILES string of the molecule is CS(=O)(=O)N1Cc2ccccc2CC1C(=O)Nc1nc(-c2c[nH]c3ccccc23)cs1. The minimum absolute atomic E-state index is 0.186. The van der Waals surface area contributed by atoms with Crippen LogP contribution in [0.15, 0.2) is 60.1 Å². The van der Waals surface area contributed by atoms with Crippen molar-refractivity contribution in [1.82, 2.24) is 14.3 Å². The van der Waals surface area contributed by atoms with Crippen molar-refractivity contribution in [3.63, 3.8) is 0 Å². The number of carbonyl (C=O) groups is 1. The Morgan fingerprint density at radius 2 is 1.90 bits per heavy atom. The molecule has 0 spiro atoms. The van der Waals surface area contributed by atoms with Gasteiger partial charge in [0.2, 0.25) is 15.9 Å². The molecule has 0 bridgehead atoms. The van der Waals surface area contributed by atoms with Gasteiger partial charge in [-0.1, -0.05) is 42.5 Å². The van der Waals surface area contributed by atoms with Gasteiger partial charge in [0.05, 0.1) is 11.9 Å². The number of para-hydroxylation sites is 1. The van der Waals surface area contributed by atoms with Gasteiger partial charge in [-0.2, -0.15) is 4.31 Å². The van der Waals surface area contributed by atoms with Crippen molar-refractivity contribution in [2.24, 2.45) is 0 Å². The number of aromatic amines is 1. The van der Waals surface area contributed by atoms with E-state index < -0.39 is 16.1 Å². The van der Waals surface area contributed by atoms with Gasteiger partial charge in [-0.25, -0.2) is 13.4 Å². The van der Waals surface area contributed by atoms with Crippen LogP contribution in [-0.2, 0) is 27.8 Å². The van der Waals surface area contributed by atoms with Crippen LogP contribution in [0.1, 0.15) is 11.1 Å². The molecular formula is C22H20N4O3S2. The number of carbonyl (C=O) groups excluding carboxylic acids is 1. The van der Waals surface area contributed by atoms with Crippen LogP contribution in [-0.4, -0.2) is 40.9 Å². The Labute approximate surface area is 183 Å². The molecule has 1 atom stereocenters. The highest BCUT2D eigenvalue weighted by Gasteiger charge is 2.37. The van der Waals surface area contributed by atoms with Gasteiger partial charge in [0.15, 0.2) is 5.13 Å². The molecular weight excluding hydrogens is 432 g/mol. The van der Waals surface area contributed by atoms with E-state index in [2.05, 4.69) is 15.3 Å². The van der Waals surface area contributed by atoms with E-state index >= 15 is 0 Å². The van der Waals surface area contributed by atoms with E-state index in [1.165, 1.54) is 15.6 Å². The number of nitrogens with zero attached hydrogens (tertiary/aromatic N) is 2. The van der Waals surface area contributed by atoms with Crippen molar-refractivity contribution in [2.45, 2.75) is 19.0 Å². The Balaban J connectivity index is 1.41. The summed E-state index contributed by atoms with van der Waals surface area (Å²) < 4.78 is 26.0. The first kappa shape index (κ1) is 19.9. The van der Waals surface area contributed by atoms with E-state index in [4.69, 9.17) is 0 Å². The Morgan fingerprint density at radius 1 is 1.16 bits per heavy atom. The number of nitrogens with one attached hydrogen (secondary N) is 2. The third-order valence-electron chi connectivity index (χ3n) is 5.53. The van der Waals surface area contributed by atoms with Crippen molar-refractivity contribution in [3.05, 3.63) is 71.2 Å². The lowest BCUT2D eigenvalue weighted by Gasteiger charge is -2.33. The topological polar surface area (TPSA) is 95.2 Å². The van der Waals surface area contributed by atoms with Crippen LogP contribution in [0.3, 0.4) is 0 Å². The van der Waals surface area contributed by atoms with Gasteiger partial charge in [0, 0.05) is 34.6 Å². The van der Waals surface area contributed by atoms with Gasteiger partial charge in [-0.3, -0.25) is 4.79 Å². The summed E-state index contributed by atoms with van der Waals surface area (Å²) in [6, 6.07) is 14.7. The van der Waals surface area contributed by atoms with Crippen LogP contribution in [0.2, 0.25) is 0 Å². The van der Waals surface area contributed by atoms with Crippen molar-refractivity contribution < 1.29 is 13.2 Å². The smallest absolute Gasteiger partial charge is 0.244 e. The van der Waals surface area contributed by atoms with Gasteiger partial charge >= 0.3 is 0 Å². The first-order valence-electron chi connectivity index (χ1n) is 9.76. The van der Waals surface area contributed by atoms with E-state index in [1.54, 1.807) is 0 Å². The highest BCUT2D eigenvalue weighted by molar-refractivity contribution is 7.88. The molecule has 4 aromatic rings. The maximum absolute atomic E-state index is 13.1. The summed E-state index contributed by atoms with van der Waals surface area (Å²) >= 11 is 1.32. The summed E-state index contributed by atoms with van der Waals surface area (Å²) in [5.41, 5.74) is 4.64. The van der Waals surface area contributed by atoms with E-state index in [1.807, 2.05) is 60.1 Å². The molecule has 1 amide bonds. The number of amides is 1. The molecule has 158 valence electrons. The lowest BCUT2D eigenvalue weighted by Crippen LogP contribution is -2.50. The number of fused-ring (bicyclic) bond motifs is 2. The molecule has 0 saturated heterocycles. The quantitative estimate of drug-likeness (QED) is 0.494. The van der Waals surface area contributed by atoms with Gasteiger partial charge in [-0.05, 0) is 23.6 Å². The molecule has 0 aliphatic carbocycles. The number of benzene rings is 2. The number of thiazole rings is 1. The highest BCUT2D eigenvalue weighted by atomic mass is 32.2. The average molecular weight is 453 g/mol. The number of hydrogen-bond acceptors (Lipinski definition) is 5. The summed E-state index contributed by atoms with van der Waals surface area (Å²) in [7, 11) is -3.56. The molecule has 0 saturated carbocycles. The molecule has 31 heavy (non-hydrogen) atoms. The van der Waals surface area contributed by atoms with Crippen LogP contribution in [0.25, 0.3) is 22.2 Å². The van der Waals surface area contributed by atoms with Gasteiger partial charge in [-0.15, -0.1) is 11.3 Å². The van der Waals surface area contributed by atoms with E-state index in [-0.39, 0.29) is 12.5 Å². The third-order valence-corrected chi connectivity index (χ3v) is 7.53. The summed E-state index contributed by atoms with van der Waals surface area (Å²) in [6.45, 7) is 0.186. The molecule has 2 aromatic carbocycles. The first-order valence-corrected chi connectivity index (χ1v) is 12.5. The second-order valence-corrected chi connectivity index (χ2v) is 10.4. The predicted molar refractivity (Wildman–Crippen MR) is 122 cm³/mol. The summed E-state index contributed by atoms with van der Waals surface area (Å²) in [6.07, 6.45) is 3.37. The Morgan fingerprint density at radius 3 is 2.71 bits per heavy atom. The molecule has 9 heteroatoms. The molecule has 5 rings (SSSR count). The average Bonchev–Trinajstić information content (AvgIpc) is 3.38. The maximum atomic E-state index is 13.1. The molecule has 1 unspecified atom stereocenters. The molecule has 1 aliphatic heterocycles. The van der Waals surface area contributed by atoms with Crippen molar-refractivity contribution >= 4 is 43.3 Å². The molecule has 7 nitrogen and oxygen atoms in total. The fraction of sp³-hybridized carbons (Fsp3) is 0.182. The Bertz CT molecular complexity index is 1390. The zero-order chi connectivity index (χ0) is 21.6. The lowest BCUT2D eigenvalue weighted by atomic mass is 9.95. The summed E-state index contributed by atoms with van der Waals surface area (Å²) in [5, 5.41) is 6.21. The number of H-pyrrole nitrogens is 1. The molecule has 3 heterocycles. The van der Waals surface area contributed by atoms with Crippen LogP contribution in [0.5, 0.6) is 0 Å². The van der Waals surface area contributed by atoms with Gasteiger partial charge < -0.3 is 10.3 Å². The van der Waals surface area contributed by atoms with Crippen LogP contribution in [0, 0.1) is 0 Å². The van der Waals surface area contributed by atoms with Crippen molar-refractivity contribution in [3.8, 4) is 11.3 Å². The fourth-order valence-corrected chi connectivity index (χ4v) is 5.72. The minimum Gasteiger partial charge on any atom is -0.360 e. The second-order valence-electron chi connectivity index (χ2n) is 7.57. The summed E-state index contributed by atoms with van der Waals surface area (Å²) in [5.74, 6) is -0.375. The maximum Gasteiger partial charge on any atom is 0.244 e. The number of rotatable bonds is 4. The molecule has 0 radical (unpaired) electrons. The Kier molecular flexibility index (Phi) is 4.88. The summed E-state index contributed by atoms with van der Waals surface area (Å²) in [4.78, 5) is 20.9. The number of hydrogen-bond donors (Lipinski definition) is 2. The minimum atomic E-state index is -3.56. The standard InChI is InChI=1S/C22H20N4O3S2/c1-31(28,29)26-12-15-7-3-2-6-14(15)10-20(26)21(27)25-22-24-19(13-30-22)17-11-23-18-9-5-4-8-16(17)18/h2-9,11,13,20,23H,10,12H2,1H3,(H,24,25,27). The van der Waals surface area contributed by atoms with E-state index in [0.29, 0.717) is 11.6 Å². The number of anilines is 1. The van der Waals surface area contributed by atoms with Gasteiger partial charge in [0.1, 0.15) is 6.04 Å². The molecule has 2 N–H and O–H groups in total. The predicted octanol–water partition coefficient (Wildman–Crippen LogP) is 3.62. The molecule has 2 aromatic heterocycles. The van der Waals surface area contributed by atoms with E-state index in [9.17, 15) is 13.2 Å².